The largest absolute Gasteiger partial charge is 0.496 e. The van der Waals surface area contributed by atoms with Crippen molar-refractivity contribution in [1.29, 1.82) is 0 Å². The fourth-order valence-electron chi connectivity index (χ4n) is 2.26. The van der Waals surface area contributed by atoms with E-state index in [1.807, 2.05) is 25.1 Å². The molecular weight excluding hydrogens is 282 g/mol. The monoisotopic (exact) mass is 301 g/mol. The van der Waals surface area contributed by atoms with Crippen LogP contribution in [0.4, 0.5) is 0 Å². The van der Waals surface area contributed by atoms with E-state index in [2.05, 4.69) is 4.98 Å². The highest BCUT2D eigenvalue weighted by Gasteiger charge is 2.12. The van der Waals surface area contributed by atoms with Crippen LogP contribution in [-0.4, -0.2) is 31.8 Å². The Bertz CT molecular complexity index is 722. The zero-order valence-corrected chi connectivity index (χ0v) is 13.2. The molecule has 116 valence electrons. The number of pyridine rings is 1. The van der Waals surface area contributed by atoms with Gasteiger partial charge in [0.2, 0.25) is 0 Å². The van der Waals surface area contributed by atoms with E-state index in [1.54, 1.807) is 27.2 Å². The van der Waals surface area contributed by atoms with Gasteiger partial charge in [-0.05, 0) is 43.7 Å². The molecule has 2 rings (SSSR count). The average Bonchev–Trinajstić information content (AvgIpc) is 2.52. The molecule has 0 aliphatic carbocycles. The molecule has 0 atom stereocenters. The fraction of sp³-hybridized carbons (Fsp3) is 0.294. The van der Waals surface area contributed by atoms with E-state index in [0.29, 0.717) is 23.6 Å². The van der Waals surface area contributed by atoms with Gasteiger partial charge in [0.15, 0.2) is 0 Å². The van der Waals surface area contributed by atoms with Crippen LogP contribution >= 0.6 is 0 Å². The molecule has 0 N–H and O–H groups in total. The summed E-state index contributed by atoms with van der Waals surface area (Å²) in [6.07, 6.45) is 2.99. The lowest BCUT2D eigenvalue weighted by Gasteiger charge is -2.12. The number of aryl methyl sites for hydroxylation is 1. The molecule has 22 heavy (non-hydrogen) atoms. The number of carbonyl (C=O) groups is 1. The van der Waals surface area contributed by atoms with Gasteiger partial charge in [0.05, 0.1) is 26.5 Å². The van der Waals surface area contributed by atoms with E-state index in [9.17, 15) is 4.79 Å². The van der Waals surface area contributed by atoms with Gasteiger partial charge < -0.3 is 14.2 Å². The molecule has 0 aliphatic heterocycles. The van der Waals surface area contributed by atoms with Gasteiger partial charge >= 0.3 is 5.97 Å². The molecule has 1 aromatic heterocycles. The first-order valence-corrected chi connectivity index (χ1v) is 6.97. The Morgan fingerprint density at radius 1 is 1.23 bits per heavy atom. The van der Waals surface area contributed by atoms with Gasteiger partial charge in [0.25, 0.3) is 0 Å². The van der Waals surface area contributed by atoms with Crippen LogP contribution < -0.4 is 9.47 Å². The summed E-state index contributed by atoms with van der Waals surface area (Å²) in [7, 11) is 3.22. The van der Waals surface area contributed by atoms with E-state index < -0.39 is 0 Å². The number of fused-ring (bicyclic) bond motifs is 1. The average molecular weight is 301 g/mol. The molecule has 0 spiro atoms. The highest BCUT2D eigenvalue weighted by Crippen LogP contribution is 2.34. The van der Waals surface area contributed by atoms with Gasteiger partial charge in [-0.15, -0.1) is 0 Å². The third-order valence-corrected chi connectivity index (χ3v) is 3.22. The highest BCUT2D eigenvalue weighted by atomic mass is 16.5. The molecule has 0 amide bonds. The topological polar surface area (TPSA) is 57.7 Å². The number of ether oxygens (including phenoxy) is 3. The zero-order chi connectivity index (χ0) is 16.1. The van der Waals surface area contributed by atoms with Gasteiger partial charge in [-0.25, -0.2) is 9.78 Å². The van der Waals surface area contributed by atoms with Crippen LogP contribution in [0, 0.1) is 6.92 Å². The molecule has 0 fully saturated rings. The molecule has 5 nitrogen and oxygen atoms in total. The minimum Gasteiger partial charge on any atom is -0.496 e. The highest BCUT2D eigenvalue weighted by molar-refractivity contribution is 5.94. The third kappa shape index (κ3) is 3.19. The number of esters is 1. The van der Waals surface area contributed by atoms with Crippen LogP contribution in [0.5, 0.6) is 11.5 Å². The van der Waals surface area contributed by atoms with Crippen LogP contribution in [0.25, 0.3) is 17.0 Å². The summed E-state index contributed by atoms with van der Waals surface area (Å²) in [5.74, 6) is 1.01. The van der Waals surface area contributed by atoms with E-state index >= 15 is 0 Å². The van der Waals surface area contributed by atoms with E-state index in [-0.39, 0.29) is 5.97 Å². The summed E-state index contributed by atoms with van der Waals surface area (Å²) in [5.41, 5.74) is 2.35. The van der Waals surface area contributed by atoms with E-state index in [0.717, 1.165) is 16.7 Å². The third-order valence-electron chi connectivity index (χ3n) is 3.22. The number of rotatable bonds is 5. The van der Waals surface area contributed by atoms with Crippen molar-refractivity contribution in [2.45, 2.75) is 13.8 Å². The number of methoxy groups -OCH3 is 2. The molecule has 0 unspecified atom stereocenters. The number of nitrogens with zero attached hydrogens (tertiary/aromatic N) is 1. The number of aromatic nitrogens is 1. The number of carbonyl (C=O) groups excluding carboxylic acids is 1. The summed E-state index contributed by atoms with van der Waals surface area (Å²) >= 11 is 0. The SMILES string of the molecule is CCOC(=O)/C=C/c1cc(C)c2c(OC)ccc(OC)c2n1. The summed E-state index contributed by atoms with van der Waals surface area (Å²) in [5, 5.41) is 0.898. The predicted octanol–water partition coefficient (Wildman–Crippen LogP) is 3.14. The van der Waals surface area contributed by atoms with Crippen molar-refractivity contribution >= 4 is 22.9 Å². The van der Waals surface area contributed by atoms with Gasteiger partial charge in [-0.2, -0.15) is 0 Å². The molecule has 0 saturated carbocycles. The van der Waals surface area contributed by atoms with Crippen molar-refractivity contribution in [2.75, 3.05) is 20.8 Å². The number of benzene rings is 1. The van der Waals surface area contributed by atoms with Crippen LogP contribution in [0.3, 0.4) is 0 Å². The van der Waals surface area contributed by atoms with Gasteiger partial charge in [0.1, 0.15) is 17.0 Å². The molecule has 1 aromatic carbocycles. The second-order valence-corrected chi connectivity index (χ2v) is 4.64. The lowest BCUT2D eigenvalue weighted by Crippen LogP contribution is -1.99. The zero-order valence-electron chi connectivity index (χ0n) is 13.2. The maximum atomic E-state index is 11.4. The van der Waals surface area contributed by atoms with Gasteiger partial charge in [-0.1, -0.05) is 0 Å². The van der Waals surface area contributed by atoms with Crippen LogP contribution in [0.1, 0.15) is 18.2 Å². The van der Waals surface area contributed by atoms with Crippen molar-refractivity contribution in [3.05, 3.63) is 35.5 Å². The standard InChI is InChI=1S/C17H19NO4/c1-5-22-15(19)9-6-12-10-11(2)16-13(20-3)7-8-14(21-4)17(16)18-12/h6-10H,5H2,1-4H3/b9-6+. The van der Waals surface area contributed by atoms with Gasteiger partial charge in [0, 0.05) is 11.5 Å². The van der Waals surface area contributed by atoms with Crippen molar-refractivity contribution in [3.8, 4) is 11.5 Å². The fourth-order valence-corrected chi connectivity index (χ4v) is 2.26. The second-order valence-electron chi connectivity index (χ2n) is 4.64. The smallest absolute Gasteiger partial charge is 0.330 e. The van der Waals surface area contributed by atoms with Crippen molar-refractivity contribution < 1.29 is 19.0 Å². The molecule has 0 bridgehead atoms. The van der Waals surface area contributed by atoms with E-state index in [4.69, 9.17) is 14.2 Å². The number of hydrogen-bond acceptors (Lipinski definition) is 5. The first-order valence-electron chi connectivity index (χ1n) is 6.97. The van der Waals surface area contributed by atoms with Crippen molar-refractivity contribution in [1.82, 2.24) is 4.98 Å². The summed E-state index contributed by atoms with van der Waals surface area (Å²) in [4.78, 5) is 16.0. The second kappa shape index (κ2) is 6.93. The van der Waals surface area contributed by atoms with Crippen LogP contribution in [0.2, 0.25) is 0 Å². The normalized spacial score (nSPS) is 10.9. The summed E-state index contributed by atoms with van der Waals surface area (Å²) in [6, 6.07) is 5.55. The Morgan fingerprint density at radius 3 is 2.55 bits per heavy atom. The van der Waals surface area contributed by atoms with Crippen molar-refractivity contribution in [3.63, 3.8) is 0 Å². The lowest BCUT2D eigenvalue weighted by molar-refractivity contribution is -0.137. The summed E-state index contributed by atoms with van der Waals surface area (Å²) in [6.45, 7) is 4.08. The Labute approximate surface area is 129 Å². The van der Waals surface area contributed by atoms with E-state index in [1.165, 1.54) is 6.08 Å². The van der Waals surface area contributed by atoms with Gasteiger partial charge in [-0.3, -0.25) is 0 Å². The Kier molecular flexibility index (Phi) is 4.99. The lowest BCUT2D eigenvalue weighted by atomic mass is 10.1. The first kappa shape index (κ1) is 15.8. The summed E-state index contributed by atoms with van der Waals surface area (Å²) < 4.78 is 15.6. The minimum absolute atomic E-state index is 0.346. The molecule has 5 heteroatoms. The Hall–Kier alpha value is -2.56. The Balaban J connectivity index is 2.54. The Morgan fingerprint density at radius 2 is 1.91 bits per heavy atom. The molecule has 0 aliphatic rings. The molecule has 2 aromatic rings. The number of hydrogen-bond donors (Lipinski definition) is 0. The molecule has 0 saturated heterocycles. The van der Waals surface area contributed by atoms with Crippen molar-refractivity contribution in [2.24, 2.45) is 0 Å². The maximum Gasteiger partial charge on any atom is 0.330 e. The minimum atomic E-state index is -0.389. The molecule has 1 heterocycles. The van der Waals surface area contributed by atoms with Crippen LogP contribution in [-0.2, 0) is 9.53 Å². The predicted molar refractivity (Wildman–Crippen MR) is 85.3 cm³/mol. The molecule has 0 radical (unpaired) electrons. The maximum absolute atomic E-state index is 11.4. The van der Waals surface area contributed by atoms with Crippen LogP contribution in [0.15, 0.2) is 24.3 Å². The molecular formula is C17H19NO4. The first-order chi connectivity index (χ1) is 10.6. The quantitative estimate of drug-likeness (QED) is 0.627.